The first kappa shape index (κ1) is 14.6. The van der Waals surface area contributed by atoms with Crippen molar-refractivity contribution in [3.63, 3.8) is 0 Å². The van der Waals surface area contributed by atoms with Crippen molar-refractivity contribution in [3.05, 3.63) is 41.0 Å². The zero-order valence-electron chi connectivity index (χ0n) is 11.9. The molecule has 0 aliphatic rings. The largest absolute Gasteiger partial charge is 0.370 e. The average molecular weight is 291 g/mol. The van der Waals surface area contributed by atoms with Gasteiger partial charge in [-0.1, -0.05) is 31.5 Å². The quantitative estimate of drug-likeness (QED) is 0.864. The summed E-state index contributed by atoms with van der Waals surface area (Å²) < 4.78 is 0. The van der Waals surface area contributed by atoms with Crippen LogP contribution in [0.2, 0.25) is 5.02 Å². The van der Waals surface area contributed by atoms with Crippen LogP contribution in [-0.2, 0) is 0 Å². The summed E-state index contributed by atoms with van der Waals surface area (Å²) in [6.45, 7) is 7.21. The Bertz CT molecular complexity index is 584. The van der Waals surface area contributed by atoms with Gasteiger partial charge in [-0.15, -0.1) is 0 Å². The number of aromatic nitrogens is 2. The van der Waals surface area contributed by atoms with Crippen LogP contribution < -0.4 is 10.6 Å². The zero-order chi connectivity index (χ0) is 14.5. The third kappa shape index (κ3) is 4.10. The maximum Gasteiger partial charge on any atom is 0.229 e. The van der Waals surface area contributed by atoms with Crippen LogP contribution in [0.4, 0.5) is 17.5 Å². The van der Waals surface area contributed by atoms with E-state index in [4.69, 9.17) is 11.6 Å². The first-order chi connectivity index (χ1) is 9.54. The second-order valence-electron chi connectivity index (χ2n) is 5.12. The van der Waals surface area contributed by atoms with Crippen LogP contribution in [0.3, 0.4) is 0 Å². The molecule has 0 amide bonds. The van der Waals surface area contributed by atoms with Gasteiger partial charge < -0.3 is 10.6 Å². The molecular formula is C15H19ClN4. The number of nitrogens with zero attached hydrogens (tertiary/aromatic N) is 2. The van der Waals surface area contributed by atoms with E-state index in [0.29, 0.717) is 16.9 Å². The van der Waals surface area contributed by atoms with Gasteiger partial charge in [0.1, 0.15) is 5.82 Å². The van der Waals surface area contributed by atoms with Gasteiger partial charge >= 0.3 is 0 Å². The number of nitrogens with one attached hydrogen (secondary N) is 2. The number of rotatable bonds is 5. The fourth-order valence-corrected chi connectivity index (χ4v) is 1.85. The summed E-state index contributed by atoms with van der Waals surface area (Å²) in [4.78, 5) is 8.66. The smallest absolute Gasteiger partial charge is 0.229 e. The lowest BCUT2D eigenvalue weighted by molar-refractivity contribution is 0.687. The third-order valence-electron chi connectivity index (χ3n) is 2.79. The van der Waals surface area contributed by atoms with E-state index in [1.807, 2.05) is 31.2 Å². The van der Waals surface area contributed by atoms with Gasteiger partial charge in [0.15, 0.2) is 0 Å². The first-order valence-electron chi connectivity index (χ1n) is 6.64. The molecule has 0 spiro atoms. The maximum atomic E-state index is 6.01. The summed E-state index contributed by atoms with van der Waals surface area (Å²) in [5.74, 6) is 1.94. The molecule has 106 valence electrons. The number of hydrogen-bond donors (Lipinski definition) is 2. The number of hydrogen-bond acceptors (Lipinski definition) is 4. The fraction of sp³-hybridized carbons (Fsp3) is 0.333. The minimum atomic E-state index is 0.559. The Morgan fingerprint density at radius 2 is 2.05 bits per heavy atom. The monoisotopic (exact) mass is 290 g/mol. The van der Waals surface area contributed by atoms with Crippen molar-refractivity contribution in [3.8, 4) is 0 Å². The highest BCUT2D eigenvalue weighted by Crippen LogP contribution is 2.22. The van der Waals surface area contributed by atoms with Gasteiger partial charge in [-0.05, 0) is 36.6 Å². The van der Waals surface area contributed by atoms with Crippen LogP contribution in [0, 0.1) is 12.8 Å². The zero-order valence-corrected chi connectivity index (χ0v) is 12.7. The molecule has 0 atom stereocenters. The topological polar surface area (TPSA) is 49.8 Å². The molecule has 2 aromatic rings. The molecule has 2 rings (SSSR count). The first-order valence-corrected chi connectivity index (χ1v) is 7.02. The second-order valence-corrected chi connectivity index (χ2v) is 5.56. The van der Waals surface area contributed by atoms with Crippen molar-refractivity contribution < 1.29 is 0 Å². The molecule has 20 heavy (non-hydrogen) atoms. The van der Waals surface area contributed by atoms with Crippen LogP contribution in [0.25, 0.3) is 0 Å². The number of benzene rings is 1. The van der Waals surface area contributed by atoms with E-state index in [9.17, 15) is 0 Å². The van der Waals surface area contributed by atoms with Crippen molar-refractivity contribution in [2.75, 3.05) is 17.2 Å². The van der Waals surface area contributed by atoms with Crippen LogP contribution >= 0.6 is 11.6 Å². The predicted octanol–water partition coefficient (Wildman–Crippen LogP) is 4.25. The SMILES string of the molecule is Cc1ccc(Cl)cc1Nc1nccc(NCC(C)C)n1. The standard InChI is InChI=1S/C15H19ClN4/c1-10(2)9-18-14-6-7-17-15(20-14)19-13-8-12(16)5-4-11(13)3/h4-8,10H,9H2,1-3H3,(H2,17,18,19,20). The van der Waals surface area contributed by atoms with Gasteiger partial charge in [-0.3, -0.25) is 0 Å². The molecule has 0 saturated carbocycles. The maximum absolute atomic E-state index is 6.01. The van der Waals surface area contributed by atoms with E-state index in [0.717, 1.165) is 23.6 Å². The Morgan fingerprint density at radius 1 is 1.25 bits per heavy atom. The highest BCUT2D eigenvalue weighted by atomic mass is 35.5. The van der Waals surface area contributed by atoms with E-state index in [1.165, 1.54) is 0 Å². The lowest BCUT2D eigenvalue weighted by atomic mass is 10.2. The molecular weight excluding hydrogens is 272 g/mol. The molecule has 1 aromatic carbocycles. The van der Waals surface area contributed by atoms with E-state index >= 15 is 0 Å². The van der Waals surface area contributed by atoms with E-state index < -0.39 is 0 Å². The second kappa shape index (κ2) is 6.57. The number of halogens is 1. The van der Waals surface area contributed by atoms with Crippen LogP contribution in [0.15, 0.2) is 30.5 Å². The van der Waals surface area contributed by atoms with Crippen molar-refractivity contribution >= 4 is 29.1 Å². The van der Waals surface area contributed by atoms with Crippen molar-refractivity contribution in [2.45, 2.75) is 20.8 Å². The molecule has 0 bridgehead atoms. The summed E-state index contributed by atoms with van der Waals surface area (Å²) >= 11 is 6.01. The lowest BCUT2D eigenvalue weighted by Crippen LogP contribution is -2.10. The average Bonchev–Trinajstić information content (AvgIpc) is 2.41. The summed E-state index contributed by atoms with van der Waals surface area (Å²) in [6, 6.07) is 7.56. The van der Waals surface area contributed by atoms with E-state index in [-0.39, 0.29) is 0 Å². The van der Waals surface area contributed by atoms with Crippen LogP contribution in [-0.4, -0.2) is 16.5 Å². The predicted molar refractivity (Wildman–Crippen MR) is 84.8 cm³/mol. The highest BCUT2D eigenvalue weighted by molar-refractivity contribution is 6.30. The molecule has 0 radical (unpaired) electrons. The molecule has 0 aliphatic heterocycles. The molecule has 2 N–H and O–H groups in total. The van der Waals surface area contributed by atoms with E-state index in [2.05, 4.69) is 34.4 Å². The Balaban J connectivity index is 2.13. The Labute approximate surface area is 124 Å². The van der Waals surface area contributed by atoms with Gasteiger partial charge in [0, 0.05) is 23.5 Å². The van der Waals surface area contributed by atoms with Crippen molar-refractivity contribution in [1.29, 1.82) is 0 Å². The number of anilines is 3. The van der Waals surface area contributed by atoms with Gasteiger partial charge in [0.05, 0.1) is 0 Å². The summed E-state index contributed by atoms with van der Waals surface area (Å²) in [7, 11) is 0. The van der Waals surface area contributed by atoms with Crippen LogP contribution in [0.5, 0.6) is 0 Å². The summed E-state index contributed by atoms with van der Waals surface area (Å²) in [6.07, 6.45) is 1.73. The summed E-state index contributed by atoms with van der Waals surface area (Å²) in [5.41, 5.74) is 2.01. The Morgan fingerprint density at radius 3 is 2.80 bits per heavy atom. The lowest BCUT2D eigenvalue weighted by Gasteiger charge is -2.11. The Hall–Kier alpha value is -1.81. The Kier molecular flexibility index (Phi) is 4.79. The molecule has 1 heterocycles. The van der Waals surface area contributed by atoms with Gasteiger partial charge in [-0.2, -0.15) is 4.98 Å². The van der Waals surface area contributed by atoms with Gasteiger partial charge in [-0.25, -0.2) is 4.98 Å². The van der Waals surface area contributed by atoms with Gasteiger partial charge in [0.25, 0.3) is 0 Å². The summed E-state index contributed by atoms with van der Waals surface area (Å²) in [5, 5.41) is 7.16. The number of aryl methyl sites for hydroxylation is 1. The minimum absolute atomic E-state index is 0.559. The molecule has 1 aromatic heterocycles. The molecule has 0 aliphatic carbocycles. The molecule has 0 saturated heterocycles. The fourth-order valence-electron chi connectivity index (χ4n) is 1.68. The van der Waals surface area contributed by atoms with Gasteiger partial charge in [0.2, 0.25) is 5.95 Å². The normalized spacial score (nSPS) is 10.7. The molecule has 5 heteroatoms. The van der Waals surface area contributed by atoms with Crippen molar-refractivity contribution in [1.82, 2.24) is 9.97 Å². The minimum Gasteiger partial charge on any atom is -0.370 e. The van der Waals surface area contributed by atoms with E-state index in [1.54, 1.807) is 6.20 Å². The third-order valence-corrected chi connectivity index (χ3v) is 3.03. The van der Waals surface area contributed by atoms with Crippen molar-refractivity contribution in [2.24, 2.45) is 5.92 Å². The molecule has 0 unspecified atom stereocenters. The molecule has 4 nitrogen and oxygen atoms in total. The molecule has 0 fully saturated rings. The van der Waals surface area contributed by atoms with Crippen LogP contribution in [0.1, 0.15) is 19.4 Å². The highest BCUT2D eigenvalue weighted by Gasteiger charge is 2.04.